The summed E-state index contributed by atoms with van der Waals surface area (Å²) in [7, 11) is -0.650. The molecular formula is C12H17F3OSi. The molecule has 1 aromatic rings. The molecule has 1 nitrogen and oxygen atoms in total. The van der Waals surface area contributed by atoms with E-state index >= 15 is 0 Å². The molecule has 0 spiro atoms. The van der Waals surface area contributed by atoms with Crippen LogP contribution in [-0.4, -0.2) is 15.4 Å². The first kappa shape index (κ1) is 14.2. The average molecular weight is 262 g/mol. The molecule has 0 saturated heterocycles. The topological polar surface area (TPSA) is 9.23 Å². The molecule has 0 unspecified atom stereocenters. The average Bonchev–Trinajstić information content (AvgIpc) is 2.21. The van der Waals surface area contributed by atoms with Crippen LogP contribution in [0.25, 0.3) is 0 Å². The molecule has 0 radical (unpaired) electrons. The number of rotatable bonds is 5. The summed E-state index contributed by atoms with van der Waals surface area (Å²) in [5.74, 6) is -2.60. The predicted molar refractivity (Wildman–Crippen MR) is 64.2 cm³/mol. The van der Waals surface area contributed by atoms with Crippen molar-refractivity contribution in [2.45, 2.75) is 38.8 Å². The van der Waals surface area contributed by atoms with Gasteiger partial charge in [-0.05, 0) is 19.9 Å². The summed E-state index contributed by atoms with van der Waals surface area (Å²) in [6, 6.07) is 2.37. The van der Waals surface area contributed by atoms with Gasteiger partial charge in [-0.1, -0.05) is 6.92 Å². The van der Waals surface area contributed by atoms with E-state index in [2.05, 4.69) is 0 Å². The highest BCUT2D eigenvalue weighted by Crippen LogP contribution is 2.22. The van der Waals surface area contributed by atoms with Gasteiger partial charge in [0.1, 0.15) is 17.5 Å². The summed E-state index contributed by atoms with van der Waals surface area (Å²) >= 11 is 0. The lowest BCUT2D eigenvalue weighted by atomic mass is 9.98. The molecule has 96 valence electrons. The Hall–Kier alpha value is -0.813. The molecule has 1 aromatic carbocycles. The highest BCUT2D eigenvalue weighted by molar-refractivity contribution is 6.27. The molecule has 0 aliphatic rings. The maximum atomic E-state index is 13.4. The second kappa shape index (κ2) is 5.69. The monoisotopic (exact) mass is 262 g/mol. The summed E-state index contributed by atoms with van der Waals surface area (Å²) < 4.78 is 45.3. The van der Waals surface area contributed by atoms with Crippen LogP contribution in [0.15, 0.2) is 12.1 Å². The second-order valence-electron chi connectivity index (χ2n) is 4.63. The summed E-state index contributed by atoms with van der Waals surface area (Å²) in [4.78, 5) is 0. The molecule has 0 aliphatic carbocycles. The maximum Gasteiger partial charge on any atom is 0.162 e. The molecule has 0 saturated carbocycles. The smallest absolute Gasteiger partial charge is 0.162 e. The maximum absolute atomic E-state index is 13.4. The summed E-state index contributed by atoms with van der Waals surface area (Å²) in [5.41, 5.74) is -0.719. The normalized spacial score (nSPS) is 12.6. The molecule has 0 aliphatic heterocycles. The summed E-state index contributed by atoms with van der Waals surface area (Å²) in [6.45, 7) is 5.59. The van der Waals surface area contributed by atoms with Crippen molar-refractivity contribution in [1.29, 1.82) is 0 Å². The van der Waals surface area contributed by atoms with Gasteiger partial charge in [0.25, 0.3) is 0 Å². The van der Waals surface area contributed by atoms with E-state index in [1.54, 1.807) is 13.8 Å². The number of halogens is 3. The third-order valence-corrected chi connectivity index (χ3v) is 3.80. The highest BCUT2D eigenvalue weighted by Gasteiger charge is 2.23. The molecule has 0 N–H and O–H groups in total. The van der Waals surface area contributed by atoms with Crippen molar-refractivity contribution in [3.8, 4) is 0 Å². The van der Waals surface area contributed by atoms with Crippen molar-refractivity contribution in [1.82, 2.24) is 0 Å². The van der Waals surface area contributed by atoms with Crippen molar-refractivity contribution in [3.63, 3.8) is 0 Å². The Morgan fingerprint density at radius 1 is 1.18 bits per heavy atom. The van der Waals surface area contributed by atoms with Gasteiger partial charge in [-0.3, -0.25) is 0 Å². The minimum Gasteiger partial charge on any atom is -0.419 e. The lowest BCUT2D eigenvalue weighted by Crippen LogP contribution is -2.30. The van der Waals surface area contributed by atoms with Crippen molar-refractivity contribution in [2.24, 2.45) is 0 Å². The van der Waals surface area contributed by atoms with E-state index in [1.165, 1.54) is 0 Å². The number of benzene rings is 1. The van der Waals surface area contributed by atoms with E-state index in [9.17, 15) is 13.2 Å². The second-order valence-corrected chi connectivity index (χ2v) is 6.33. The van der Waals surface area contributed by atoms with Crippen LogP contribution >= 0.6 is 0 Å². The largest absolute Gasteiger partial charge is 0.419 e. The molecule has 0 heterocycles. The fourth-order valence-corrected chi connectivity index (χ4v) is 2.45. The Morgan fingerprint density at radius 2 is 1.71 bits per heavy atom. The number of hydrogen-bond acceptors (Lipinski definition) is 1. The molecular weight excluding hydrogens is 245 g/mol. The fourth-order valence-electron chi connectivity index (χ4n) is 1.60. The van der Waals surface area contributed by atoms with Gasteiger partial charge in [0, 0.05) is 24.1 Å². The zero-order chi connectivity index (χ0) is 13.1. The zero-order valence-corrected chi connectivity index (χ0v) is 11.7. The molecule has 0 bridgehead atoms. The Labute approximate surface area is 102 Å². The quantitative estimate of drug-likeness (QED) is 0.741. The van der Waals surface area contributed by atoms with Gasteiger partial charge in [-0.15, -0.1) is 0 Å². The zero-order valence-electron chi connectivity index (χ0n) is 10.3. The lowest BCUT2D eigenvalue weighted by molar-refractivity contribution is 0.114. The van der Waals surface area contributed by atoms with Crippen LogP contribution in [0.1, 0.15) is 26.3 Å². The van der Waals surface area contributed by atoms with Crippen LogP contribution < -0.4 is 0 Å². The SMILES string of the molecule is CC[SiH2]OC(C)(C)Cc1c(F)cc(F)cc1F. The fraction of sp³-hybridized carbons (Fsp3) is 0.500. The standard InChI is InChI=1S/C12H17F3OSi/c1-4-17-16-12(2,3)7-9-10(14)5-8(13)6-11(9)15/h5-6H,4,7,17H2,1-3H3. The molecule has 0 amide bonds. The Bertz CT molecular complexity index is 370. The van der Waals surface area contributed by atoms with Gasteiger partial charge in [0.2, 0.25) is 0 Å². The first-order valence-corrected chi connectivity index (χ1v) is 7.21. The van der Waals surface area contributed by atoms with Gasteiger partial charge in [0.15, 0.2) is 9.76 Å². The predicted octanol–water partition coefficient (Wildman–Crippen LogP) is 2.96. The van der Waals surface area contributed by atoms with Crippen molar-refractivity contribution in [3.05, 3.63) is 35.1 Å². The van der Waals surface area contributed by atoms with Gasteiger partial charge in [0.05, 0.1) is 5.60 Å². The van der Waals surface area contributed by atoms with Crippen LogP contribution in [-0.2, 0) is 10.8 Å². The summed E-state index contributed by atoms with van der Waals surface area (Å²) in [5, 5.41) is 0. The Morgan fingerprint density at radius 3 is 2.18 bits per heavy atom. The first-order chi connectivity index (χ1) is 7.85. The van der Waals surface area contributed by atoms with Crippen molar-refractivity contribution >= 4 is 9.76 Å². The van der Waals surface area contributed by atoms with Crippen LogP contribution in [0.5, 0.6) is 0 Å². The van der Waals surface area contributed by atoms with E-state index in [-0.39, 0.29) is 12.0 Å². The molecule has 0 aromatic heterocycles. The molecule has 0 fully saturated rings. The van der Waals surface area contributed by atoms with Gasteiger partial charge < -0.3 is 4.43 Å². The van der Waals surface area contributed by atoms with Crippen LogP contribution in [0, 0.1) is 17.5 Å². The van der Waals surface area contributed by atoms with E-state index < -0.39 is 32.8 Å². The molecule has 0 atom stereocenters. The van der Waals surface area contributed by atoms with E-state index in [1.807, 2.05) is 6.92 Å². The molecule has 17 heavy (non-hydrogen) atoms. The van der Waals surface area contributed by atoms with Gasteiger partial charge >= 0.3 is 0 Å². The van der Waals surface area contributed by atoms with Crippen LogP contribution in [0.3, 0.4) is 0 Å². The third kappa shape index (κ3) is 4.16. The van der Waals surface area contributed by atoms with E-state index in [0.717, 1.165) is 6.04 Å². The van der Waals surface area contributed by atoms with Gasteiger partial charge in [-0.25, -0.2) is 13.2 Å². The molecule has 5 heteroatoms. The Kier molecular flexibility index (Phi) is 4.77. The highest BCUT2D eigenvalue weighted by atomic mass is 28.2. The van der Waals surface area contributed by atoms with E-state index in [0.29, 0.717) is 12.1 Å². The van der Waals surface area contributed by atoms with Crippen LogP contribution in [0.4, 0.5) is 13.2 Å². The molecule has 1 rings (SSSR count). The third-order valence-electron chi connectivity index (χ3n) is 2.41. The Balaban J connectivity index is 2.87. The van der Waals surface area contributed by atoms with Crippen molar-refractivity contribution in [2.75, 3.05) is 0 Å². The minimum absolute atomic E-state index is 0.109. The first-order valence-electron chi connectivity index (χ1n) is 5.63. The number of hydrogen-bond donors (Lipinski definition) is 0. The van der Waals surface area contributed by atoms with Crippen LogP contribution in [0.2, 0.25) is 6.04 Å². The minimum atomic E-state index is -0.898. The van der Waals surface area contributed by atoms with E-state index in [4.69, 9.17) is 4.43 Å². The lowest BCUT2D eigenvalue weighted by Gasteiger charge is -2.26. The summed E-state index contributed by atoms with van der Waals surface area (Å²) in [6.07, 6.45) is 0.109. The van der Waals surface area contributed by atoms with Crippen molar-refractivity contribution < 1.29 is 17.6 Å². The van der Waals surface area contributed by atoms with Gasteiger partial charge in [-0.2, -0.15) is 0 Å².